The SMILES string of the molecule is CCCC(CCO)CNCc1cnn(C(C)C)c1. The third kappa shape index (κ3) is 5.19. The number of hydrogen-bond acceptors (Lipinski definition) is 3. The van der Waals surface area contributed by atoms with Crippen LogP contribution in [0.4, 0.5) is 0 Å². The lowest BCUT2D eigenvalue weighted by Crippen LogP contribution is -2.23. The maximum absolute atomic E-state index is 9.00. The van der Waals surface area contributed by atoms with Gasteiger partial charge >= 0.3 is 0 Å². The van der Waals surface area contributed by atoms with Gasteiger partial charge in [-0.15, -0.1) is 0 Å². The number of hydrogen-bond donors (Lipinski definition) is 2. The monoisotopic (exact) mass is 253 g/mol. The highest BCUT2D eigenvalue weighted by atomic mass is 16.3. The van der Waals surface area contributed by atoms with Gasteiger partial charge in [0.2, 0.25) is 0 Å². The number of nitrogens with zero attached hydrogens (tertiary/aromatic N) is 2. The summed E-state index contributed by atoms with van der Waals surface area (Å²) in [6.45, 7) is 8.57. The number of aromatic nitrogens is 2. The van der Waals surface area contributed by atoms with Gasteiger partial charge in [0.1, 0.15) is 0 Å². The lowest BCUT2D eigenvalue weighted by Gasteiger charge is -2.15. The van der Waals surface area contributed by atoms with Crippen LogP contribution in [0.25, 0.3) is 0 Å². The van der Waals surface area contributed by atoms with Gasteiger partial charge in [-0.05, 0) is 39.2 Å². The summed E-state index contributed by atoms with van der Waals surface area (Å²) in [5.74, 6) is 0.583. The Hall–Kier alpha value is -0.870. The molecule has 0 aliphatic rings. The van der Waals surface area contributed by atoms with E-state index in [2.05, 4.69) is 37.4 Å². The van der Waals surface area contributed by atoms with E-state index in [-0.39, 0.29) is 6.61 Å². The Labute approximate surface area is 110 Å². The summed E-state index contributed by atoms with van der Waals surface area (Å²) in [6.07, 6.45) is 7.27. The summed E-state index contributed by atoms with van der Waals surface area (Å²) < 4.78 is 1.98. The van der Waals surface area contributed by atoms with Crippen molar-refractivity contribution < 1.29 is 5.11 Å². The van der Waals surface area contributed by atoms with Gasteiger partial charge in [-0.25, -0.2) is 0 Å². The number of aliphatic hydroxyl groups excluding tert-OH is 1. The lowest BCUT2D eigenvalue weighted by molar-refractivity contribution is 0.248. The van der Waals surface area contributed by atoms with E-state index in [1.807, 2.05) is 10.9 Å². The molecular formula is C14H27N3O. The smallest absolute Gasteiger partial charge is 0.0534 e. The van der Waals surface area contributed by atoms with Crippen molar-refractivity contribution in [2.45, 2.75) is 52.6 Å². The Bertz CT molecular complexity index is 317. The Kier molecular flexibility index (Phi) is 6.98. The predicted molar refractivity (Wildman–Crippen MR) is 74.4 cm³/mol. The molecule has 0 bridgehead atoms. The van der Waals surface area contributed by atoms with Gasteiger partial charge in [0.15, 0.2) is 0 Å². The molecule has 0 spiro atoms. The lowest BCUT2D eigenvalue weighted by atomic mass is 10.0. The molecule has 4 nitrogen and oxygen atoms in total. The van der Waals surface area contributed by atoms with E-state index < -0.39 is 0 Å². The van der Waals surface area contributed by atoms with Crippen molar-refractivity contribution in [1.29, 1.82) is 0 Å². The quantitative estimate of drug-likeness (QED) is 0.710. The summed E-state index contributed by atoms with van der Waals surface area (Å²) in [4.78, 5) is 0. The van der Waals surface area contributed by atoms with Crippen LogP contribution < -0.4 is 5.32 Å². The topological polar surface area (TPSA) is 50.1 Å². The van der Waals surface area contributed by atoms with E-state index in [1.165, 1.54) is 18.4 Å². The molecule has 0 saturated heterocycles. The fraction of sp³-hybridized carbons (Fsp3) is 0.786. The van der Waals surface area contributed by atoms with Crippen molar-refractivity contribution >= 4 is 0 Å². The second kappa shape index (κ2) is 8.27. The number of nitrogens with one attached hydrogen (secondary N) is 1. The van der Waals surface area contributed by atoms with E-state index in [9.17, 15) is 0 Å². The van der Waals surface area contributed by atoms with Gasteiger partial charge in [0.25, 0.3) is 0 Å². The molecule has 0 fully saturated rings. The van der Waals surface area contributed by atoms with Crippen molar-refractivity contribution in [3.8, 4) is 0 Å². The summed E-state index contributed by atoms with van der Waals surface area (Å²) >= 11 is 0. The van der Waals surface area contributed by atoms with Crippen molar-refractivity contribution in [3.63, 3.8) is 0 Å². The van der Waals surface area contributed by atoms with Crippen LogP contribution in [0, 0.1) is 5.92 Å². The molecule has 1 unspecified atom stereocenters. The molecule has 1 rings (SSSR count). The first-order valence-corrected chi connectivity index (χ1v) is 7.02. The standard InChI is InChI=1S/C14H27N3O/c1-4-5-13(6-7-18)8-15-9-14-10-16-17(11-14)12(2)3/h10-13,15,18H,4-9H2,1-3H3. The predicted octanol–water partition coefficient (Wildman–Crippen LogP) is 2.35. The van der Waals surface area contributed by atoms with Gasteiger partial charge in [-0.3, -0.25) is 4.68 Å². The Morgan fingerprint density at radius 3 is 2.72 bits per heavy atom. The zero-order chi connectivity index (χ0) is 13.4. The first kappa shape index (κ1) is 15.2. The van der Waals surface area contributed by atoms with Crippen LogP contribution >= 0.6 is 0 Å². The zero-order valence-electron chi connectivity index (χ0n) is 11.9. The van der Waals surface area contributed by atoms with Crippen molar-refractivity contribution in [3.05, 3.63) is 18.0 Å². The molecule has 1 aromatic heterocycles. The second-order valence-corrected chi connectivity index (χ2v) is 5.22. The third-order valence-corrected chi connectivity index (χ3v) is 3.18. The fourth-order valence-electron chi connectivity index (χ4n) is 2.11. The highest BCUT2D eigenvalue weighted by Gasteiger charge is 2.07. The van der Waals surface area contributed by atoms with Crippen LogP contribution in [0.3, 0.4) is 0 Å². The summed E-state index contributed by atoms with van der Waals surface area (Å²) in [5, 5.41) is 16.8. The van der Waals surface area contributed by atoms with Gasteiger partial charge in [-0.1, -0.05) is 13.3 Å². The fourth-order valence-corrected chi connectivity index (χ4v) is 2.11. The molecule has 0 aromatic carbocycles. The minimum Gasteiger partial charge on any atom is -0.396 e. The maximum Gasteiger partial charge on any atom is 0.0534 e. The maximum atomic E-state index is 9.00. The van der Waals surface area contributed by atoms with E-state index in [0.717, 1.165) is 19.5 Å². The number of rotatable bonds is 9. The van der Waals surface area contributed by atoms with E-state index in [0.29, 0.717) is 12.0 Å². The molecule has 1 heterocycles. The molecule has 0 aliphatic heterocycles. The average Bonchev–Trinajstić information content (AvgIpc) is 2.78. The van der Waals surface area contributed by atoms with Gasteiger partial charge in [0, 0.05) is 31.0 Å². The van der Waals surface area contributed by atoms with Crippen LogP contribution in [-0.4, -0.2) is 28.0 Å². The van der Waals surface area contributed by atoms with Gasteiger partial charge in [0.05, 0.1) is 6.20 Å². The molecule has 0 saturated carbocycles. The van der Waals surface area contributed by atoms with E-state index in [4.69, 9.17) is 5.11 Å². The molecule has 0 radical (unpaired) electrons. The van der Waals surface area contributed by atoms with Crippen LogP contribution in [0.15, 0.2) is 12.4 Å². The minimum absolute atomic E-state index is 0.289. The van der Waals surface area contributed by atoms with Gasteiger partial charge < -0.3 is 10.4 Å². The van der Waals surface area contributed by atoms with Crippen molar-refractivity contribution in [2.75, 3.05) is 13.2 Å². The molecule has 1 atom stereocenters. The van der Waals surface area contributed by atoms with Crippen LogP contribution in [0.5, 0.6) is 0 Å². The summed E-state index contributed by atoms with van der Waals surface area (Å²) in [6, 6.07) is 0.418. The number of aliphatic hydroxyl groups is 1. The zero-order valence-corrected chi connectivity index (χ0v) is 11.9. The largest absolute Gasteiger partial charge is 0.396 e. The second-order valence-electron chi connectivity index (χ2n) is 5.22. The average molecular weight is 253 g/mol. The first-order valence-electron chi connectivity index (χ1n) is 7.02. The summed E-state index contributed by atoms with van der Waals surface area (Å²) in [5.41, 5.74) is 1.22. The van der Waals surface area contributed by atoms with E-state index >= 15 is 0 Å². The molecule has 0 aliphatic carbocycles. The Balaban J connectivity index is 2.30. The third-order valence-electron chi connectivity index (χ3n) is 3.18. The normalized spacial score (nSPS) is 13.2. The van der Waals surface area contributed by atoms with Crippen LogP contribution in [0.1, 0.15) is 51.6 Å². The van der Waals surface area contributed by atoms with Gasteiger partial charge in [-0.2, -0.15) is 5.10 Å². The molecule has 0 amide bonds. The molecule has 1 aromatic rings. The van der Waals surface area contributed by atoms with Crippen molar-refractivity contribution in [1.82, 2.24) is 15.1 Å². The van der Waals surface area contributed by atoms with E-state index in [1.54, 1.807) is 0 Å². The molecule has 18 heavy (non-hydrogen) atoms. The Morgan fingerprint density at radius 1 is 1.39 bits per heavy atom. The van der Waals surface area contributed by atoms with Crippen LogP contribution in [0.2, 0.25) is 0 Å². The highest BCUT2D eigenvalue weighted by molar-refractivity contribution is 5.03. The first-order chi connectivity index (χ1) is 8.67. The Morgan fingerprint density at radius 2 is 2.17 bits per heavy atom. The minimum atomic E-state index is 0.289. The van der Waals surface area contributed by atoms with Crippen LogP contribution in [-0.2, 0) is 6.54 Å². The highest BCUT2D eigenvalue weighted by Crippen LogP contribution is 2.10. The van der Waals surface area contributed by atoms with Crippen molar-refractivity contribution in [2.24, 2.45) is 5.92 Å². The summed E-state index contributed by atoms with van der Waals surface area (Å²) in [7, 11) is 0. The molecular weight excluding hydrogens is 226 g/mol. The molecule has 4 heteroatoms. The molecule has 2 N–H and O–H groups in total. The molecule has 104 valence electrons.